The molecule has 0 bridgehead atoms. The SMILES string of the molecule is O=C(O)c1cc(Cl)ccc1Nc1c(S(=O)O)cnc2c(F)cc(Cl)cc12. The Kier molecular flexibility index (Phi) is 5.10. The first-order valence-electron chi connectivity index (χ1n) is 6.96. The zero-order chi connectivity index (χ0) is 19.0. The van der Waals surface area contributed by atoms with E-state index >= 15 is 0 Å². The van der Waals surface area contributed by atoms with Gasteiger partial charge in [-0.1, -0.05) is 23.2 Å². The van der Waals surface area contributed by atoms with Crippen LogP contribution in [0.2, 0.25) is 10.0 Å². The average molecular weight is 415 g/mol. The Morgan fingerprint density at radius 1 is 1.19 bits per heavy atom. The van der Waals surface area contributed by atoms with Crippen LogP contribution in [0.15, 0.2) is 41.4 Å². The van der Waals surface area contributed by atoms with Gasteiger partial charge in [0.2, 0.25) is 0 Å². The number of pyridine rings is 1. The summed E-state index contributed by atoms with van der Waals surface area (Å²) in [5, 5.41) is 12.5. The monoisotopic (exact) mass is 414 g/mol. The number of nitrogens with zero attached hydrogens (tertiary/aromatic N) is 1. The minimum Gasteiger partial charge on any atom is -0.478 e. The van der Waals surface area contributed by atoms with Crippen molar-refractivity contribution >= 4 is 62.5 Å². The molecule has 1 unspecified atom stereocenters. The van der Waals surface area contributed by atoms with Crippen LogP contribution >= 0.6 is 23.2 Å². The van der Waals surface area contributed by atoms with Crippen LogP contribution in [0.25, 0.3) is 10.9 Å². The van der Waals surface area contributed by atoms with Gasteiger partial charge in [0.05, 0.1) is 16.9 Å². The summed E-state index contributed by atoms with van der Waals surface area (Å²) in [6.45, 7) is 0. The minimum absolute atomic E-state index is 0.0158. The summed E-state index contributed by atoms with van der Waals surface area (Å²) in [6.07, 6.45) is 1.04. The first kappa shape index (κ1) is 18.5. The molecular formula is C16H9Cl2FN2O4S. The van der Waals surface area contributed by atoms with Crippen molar-refractivity contribution in [2.45, 2.75) is 4.90 Å². The fourth-order valence-corrected chi connectivity index (χ4v) is 3.26. The molecule has 1 heterocycles. The molecule has 0 saturated heterocycles. The molecule has 0 amide bonds. The van der Waals surface area contributed by atoms with Crippen LogP contribution in [0.3, 0.4) is 0 Å². The first-order chi connectivity index (χ1) is 12.3. The smallest absolute Gasteiger partial charge is 0.337 e. The van der Waals surface area contributed by atoms with Crippen molar-refractivity contribution in [2.24, 2.45) is 0 Å². The van der Waals surface area contributed by atoms with Crippen LogP contribution in [0.4, 0.5) is 15.8 Å². The van der Waals surface area contributed by atoms with Gasteiger partial charge in [-0.3, -0.25) is 4.98 Å². The van der Waals surface area contributed by atoms with Crippen molar-refractivity contribution in [2.75, 3.05) is 5.32 Å². The van der Waals surface area contributed by atoms with Crippen molar-refractivity contribution in [3.8, 4) is 0 Å². The predicted octanol–water partition coefficient (Wildman–Crippen LogP) is 4.70. The van der Waals surface area contributed by atoms with Gasteiger partial charge in [-0.2, -0.15) is 0 Å². The molecule has 0 aliphatic carbocycles. The van der Waals surface area contributed by atoms with Gasteiger partial charge in [-0.25, -0.2) is 13.4 Å². The van der Waals surface area contributed by atoms with Crippen LogP contribution in [-0.2, 0) is 11.1 Å². The number of carbonyl (C=O) groups is 1. The standard InChI is InChI=1S/C16H9Cl2FN2O4S/c17-7-1-2-12(9(3-7)16(22)23)21-15-10-4-8(18)5-11(19)14(10)20-6-13(15)26(24)25/h1-6H,(H,20,21)(H,22,23)(H,24,25). The Morgan fingerprint density at radius 3 is 2.58 bits per heavy atom. The summed E-state index contributed by atoms with van der Waals surface area (Å²) in [7, 11) is 0. The third-order valence-electron chi connectivity index (χ3n) is 3.51. The second-order valence-electron chi connectivity index (χ2n) is 5.15. The van der Waals surface area contributed by atoms with E-state index in [0.29, 0.717) is 0 Å². The highest BCUT2D eigenvalue weighted by atomic mass is 35.5. The van der Waals surface area contributed by atoms with E-state index in [1.54, 1.807) is 0 Å². The number of rotatable bonds is 4. The largest absolute Gasteiger partial charge is 0.478 e. The summed E-state index contributed by atoms with van der Waals surface area (Å²) in [4.78, 5) is 15.1. The number of hydrogen-bond donors (Lipinski definition) is 3. The average Bonchev–Trinajstić information content (AvgIpc) is 2.56. The number of hydrogen-bond acceptors (Lipinski definition) is 4. The molecule has 26 heavy (non-hydrogen) atoms. The number of carboxylic acid groups (broad SMARTS) is 1. The highest BCUT2D eigenvalue weighted by Crippen LogP contribution is 2.35. The number of aromatic nitrogens is 1. The van der Waals surface area contributed by atoms with Crippen LogP contribution in [0, 0.1) is 5.82 Å². The Balaban J connectivity index is 2.29. The third kappa shape index (κ3) is 3.49. The van der Waals surface area contributed by atoms with Gasteiger partial charge >= 0.3 is 5.97 Å². The summed E-state index contributed by atoms with van der Waals surface area (Å²) >= 11 is 9.24. The van der Waals surface area contributed by atoms with E-state index in [-0.39, 0.29) is 42.8 Å². The van der Waals surface area contributed by atoms with E-state index in [1.807, 2.05) is 0 Å². The number of anilines is 2. The molecule has 0 fully saturated rings. The van der Waals surface area contributed by atoms with Gasteiger partial charge in [0.1, 0.15) is 10.4 Å². The fourth-order valence-electron chi connectivity index (χ4n) is 2.41. The van der Waals surface area contributed by atoms with Gasteiger partial charge in [-0.15, -0.1) is 0 Å². The predicted molar refractivity (Wildman–Crippen MR) is 97.4 cm³/mol. The van der Waals surface area contributed by atoms with Crippen molar-refractivity contribution in [3.05, 3.63) is 58.0 Å². The zero-order valence-corrected chi connectivity index (χ0v) is 15.0. The van der Waals surface area contributed by atoms with Gasteiger partial charge in [0, 0.05) is 21.6 Å². The molecule has 134 valence electrons. The molecule has 3 aromatic rings. The lowest BCUT2D eigenvalue weighted by Crippen LogP contribution is -2.06. The van der Waals surface area contributed by atoms with Crippen LogP contribution in [0.5, 0.6) is 0 Å². The van der Waals surface area contributed by atoms with Crippen LogP contribution in [-0.4, -0.2) is 24.8 Å². The fraction of sp³-hybridized carbons (Fsp3) is 0. The molecule has 0 radical (unpaired) electrons. The molecule has 3 rings (SSSR count). The quantitative estimate of drug-likeness (QED) is 0.534. The number of carboxylic acids is 1. The number of benzene rings is 2. The van der Waals surface area contributed by atoms with E-state index in [4.69, 9.17) is 23.2 Å². The lowest BCUT2D eigenvalue weighted by molar-refractivity contribution is 0.0698. The second kappa shape index (κ2) is 7.16. The molecule has 0 spiro atoms. The van der Waals surface area contributed by atoms with Crippen molar-refractivity contribution < 1.29 is 23.1 Å². The molecule has 6 nitrogen and oxygen atoms in total. The lowest BCUT2D eigenvalue weighted by atomic mass is 10.1. The molecule has 1 aromatic heterocycles. The molecule has 0 aliphatic heterocycles. The zero-order valence-electron chi connectivity index (χ0n) is 12.7. The molecule has 0 saturated carbocycles. The minimum atomic E-state index is -2.47. The Labute approximate surface area is 158 Å². The van der Waals surface area contributed by atoms with Gasteiger partial charge < -0.3 is 15.0 Å². The number of aromatic carboxylic acids is 1. The van der Waals surface area contributed by atoms with Gasteiger partial charge in [0.25, 0.3) is 0 Å². The number of fused-ring (bicyclic) bond motifs is 1. The number of nitrogens with one attached hydrogen (secondary N) is 1. The van der Waals surface area contributed by atoms with E-state index in [1.165, 1.54) is 24.3 Å². The summed E-state index contributed by atoms with van der Waals surface area (Å²) in [5.41, 5.74) is -0.139. The maximum absolute atomic E-state index is 14.1. The van der Waals surface area contributed by atoms with E-state index < -0.39 is 22.9 Å². The van der Waals surface area contributed by atoms with Crippen molar-refractivity contribution in [3.63, 3.8) is 0 Å². The summed E-state index contributed by atoms with van der Waals surface area (Å²) in [5.74, 6) is -1.98. The lowest BCUT2D eigenvalue weighted by Gasteiger charge is -2.15. The summed E-state index contributed by atoms with van der Waals surface area (Å²) < 4.78 is 35.3. The number of halogens is 3. The highest BCUT2D eigenvalue weighted by Gasteiger charge is 2.19. The Bertz CT molecular complexity index is 1080. The molecular weight excluding hydrogens is 406 g/mol. The van der Waals surface area contributed by atoms with Gasteiger partial charge in [0.15, 0.2) is 16.9 Å². The molecule has 1 atom stereocenters. The maximum Gasteiger partial charge on any atom is 0.337 e. The Morgan fingerprint density at radius 2 is 1.92 bits per heavy atom. The first-order valence-corrected chi connectivity index (χ1v) is 8.82. The molecule has 10 heteroatoms. The van der Waals surface area contributed by atoms with Crippen LogP contribution < -0.4 is 5.32 Å². The van der Waals surface area contributed by atoms with Gasteiger partial charge in [-0.05, 0) is 30.3 Å². The molecule has 0 aliphatic rings. The van der Waals surface area contributed by atoms with Crippen molar-refractivity contribution in [1.82, 2.24) is 4.98 Å². The van der Waals surface area contributed by atoms with Crippen LogP contribution in [0.1, 0.15) is 10.4 Å². The highest BCUT2D eigenvalue weighted by molar-refractivity contribution is 7.79. The molecule has 3 N–H and O–H groups in total. The molecule has 2 aromatic carbocycles. The topological polar surface area (TPSA) is 99.5 Å². The van der Waals surface area contributed by atoms with E-state index in [9.17, 15) is 23.1 Å². The van der Waals surface area contributed by atoms with E-state index in [2.05, 4.69) is 10.3 Å². The summed E-state index contributed by atoms with van der Waals surface area (Å²) in [6, 6.07) is 6.48. The Hall–Kier alpha value is -2.26. The normalized spacial score (nSPS) is 12.2. The van der Waals surface area contributed by atoms with E-state index in [0.717, 1.165) is 12.3 Å². The van der Waals surface area contributed by atoms with Crippen molar-refractivity contribution in [1.29, 1.82) is 0 Å². The maximum atomic E-state index is 14.1. The second-order valence-corrected chi connectivity index (χ2v) is 6.96. The third-order valence-corrected chi connectivity index (χ3v) is 4.65.